The molecule has 0 unspecified atom stereocenters. The molecule has 2 fully saturated rings. The maximum atomic E-state index is 13.8. The smallest absolute Gasteiger partial charge is 0.266 e. The molecule has 2 aliphatic rings. The van der Waals surface area contributed by atoms with Gasteiger partial charge in [0.05, 0.1) is 32.7 Å². The second kappa shape index (κ2) is 8.96. The minimum Gasteiger partial charge on any atom is -0.493 e. The molecule has 0 aromatic heterocycles. The van der Waals surface area contributed by atoms with E-state index in [0.29, 0.717) is 34.2 Å². The van der Waals surface area contributed by atoms with E-state index in [1.165, 1.54) is 19.1 Å². The van der Waals surface area contributed by atoms with Crippen molar-refractivity contribution in [3.8, 4) is 17.2 Å². The van der Waals surface area contributed by atoms with E-state index < -0.39 is 24.0 Å². The number of rotatable bonds is 6. The number of nitrogens with zero attached hydrogens (tertiary/aromatic N) is 2. The fraction of sp³-hybridized carbons (Fsp3) is 0.259. The van der Waals surface area contributed by atoms with Gasteiger partial charge in [0, 0.05) is 5.56 Å². The third kappa shape index (κ3) is 3.57. The van der Waals surface area contributed by atoms with Crippen LogP contribution in [0.1, 0.15) is 17.2 Å². The number of aryl methyl sites for hydroxylation is 1. The van der Waals surface area contributed by atoms with Crippen molar-refractivity contribution >= 4 is 23.2 Å². The van der Waals surface area contributed by atoms with Crippen molar-refractivity contribution < 1.29 is 28.6 Å². The van der Waals surface area contributed by atoms with Gasteiger partial charge in [0.15, 0.2) is 17.6 Å². The van der Waals surface area contributed by atoms with Gasteiger partial charge >= 0.3 is 0 Å². The van der Waals surface area contributed by atoms with Crippen molar-refractivity contribution in [3.05, 3.63) is 77.9 Å². The van der Waals surface area contributed by atoms with Gasteiger partial charge < -0.3 is 14.2 Å². The molecule has 35 heavy (non-hydrogen) atoms. The lowest BCUT2D eigenvalue weighted by molar-refractivity contribution is -0.126. The number of benzene rings is 3. The highest BCUT2D eigenvalue weighted by atomic mass is 16.7. The number of anilines is 2. The van der Waals surface area contributed by atoms with Crippen molar-refractivity contribution in [2.24, 2.45) is 5.92 Å². The van der Waals surface area contributed by atoms with Gasteiger partial charge in [-0.15, -0.1) is 0 Å². The molecule has 2 heterocycles. The van der Waals surface area contributed by atoms with Crippen LogP contribution in [0, 0.1) is 12.8 Å². The van der Waals surface area contributed by atoms with Gasteiger partial charge in [0.2, 0.25) is 11.7 Å². The van der Waals surface area contributed by atoms with E-state index in [1.54, 1.807) is 30.4 Å². The number of hydroxylamine groups is 1. The van der Waals surface area contributed by atoms with Crippen LogP contribution in [0.4, 0.5) is 11.4 Å². The molecule has 5 rings (SSSR count). The molecular formula is C27H26N2O6. The van der Waals surface area contributed by atoms with Gasteiger partial charge in [0.1, 0.15) is 12.0 Å². The number of amides is 2. The topological polar surface area (TPSA) is 77.5 Å². The summed E-state index contributed by atoms with van der Waals surface area (Å²) in [4.78, 5) is 34.8. The van der Waals surface area contributed by atoms with E-state index in [2.05, 4.69) is 0 Å². The molecule has 0 saturated carbocycles. The third-order valence-corrected chi connectivity index (χ3v) is 6.47. The Bertz CT molecular complexity index is 1260. The summed E-state index contributed by atoms with van der Waals surface area (Å²) >= 11 is 0. The molecule has 0 bridgehead atoms. The summed E-state index contributed by atoms with van der Waals surface area (Å²) in [5.74, 6) is -0.219. The largest absolute Gasteiger partial charge is 0.493 e. The highest BCUT2D eigenvalue weighted by Gasteiger charge is 2.61. The first-order valence-corrected chi connectivity index (χ1v) is 11.2. The van der Waals surface area contributed by atoms with Gasteiger partial charge in [-0.3, -0.25) is 14.4 Å². The first kappa shape index (κ1) is 22.7. The summed E-state index contributed by atoms with van der Waals surface area (Å²) in [5, 5.41) is 1.63. The Morgan fingerprint density at radius 3 is 2.06 bits per heavy atom. The third-order valence-electron chi connectivity index (χ3n) is 6.47. The summed E-state index contributed by atoms with van der Waals surface area (Å²) in [6.07, 6.45) is -0.980. The second-order valence-electron chi connectivity index (χ2n) is 8.43. The van der Waals surface area contributed by atoms with E-state index in [1.807, 2.05) is 55.5 Å². The summed E-state index contributed by atoms with van der Waals surface area (Å²) in [6.45, 7) is 1.95. The fourth-order valence-corrected chi connectivity index (χ4v) is 4.83. The Kier molecular flexibility index (Phi) is 5.82. The second-order valence-corrected chi connectivity index (χ2v) is 8.43. The van der Waals surface area contributed by atoms with Crippen molar-refractivity contribution in [1.29, 1.82) is 0 Å². The standard InChI is InChI=1S/C27H26N2O6/c1-16-10-12-17(13-11-16)28-26(30)21-22(19-14-15-20(32-2)24(34-4)23(19)33-3)29(35-25(21)27(28)31)18-8-6-5-7-9-18/h5-15,21-22,25H,1-4H3/t21-,22+,25+/m1/s1. The van der Waals surface area contributed by atoms with Gasteiger partial charge in [-0.05, 0) is 43.3 Å². The lowest BCUT2D eigenvalue weighted by Crippen LogP contribution is -2.37. The summed E-state index contributed by atoms with van der Waals surface area (Å²) in [5.41, 5.74) is 2.92. The van der Waals surface area contributed by atoms with Crippen LogP contribution in [-0.4, -0.2) is 39.2 Å². The lowest BCUT2D eigenvalue weighted by Gasteiger charge is -2.30. The Morgan fingerprint density at radius 2 is 1.43 bits per heavy atom. The number of carbonyl (C=O) groups is 2. The number of hydrogen-bond acceptors (Lipinski definition) is 7. The lowest BCUT2D eigenvalue weighted by atomic mass is 9.89. The van der Waals surface area contributed by atoms with Crippen LogP contribution in [0.25, 0.3) is 0 Å². The maximum Gasteiger partial charge on any atom is 0.266 e. The Balaban J connectivity index is 1.65. The molecular weight excluding hydrogens is 448 g/mol. The Hall–Kier alpha value is -4.04. The van der Waals surface area contributed by atoms with Crippen molar-refractivity contribution in [2.75, 3.05) is 31.3 Å². The molecule has 3 atom stereocenters. The molecule has 180 valence electrons. The molecule has 8 nitrogen and oxygen atoms in total. The maximum absolute atomic E-state index is 13.8. The molecule has 0 aliphatic carbocycles. The molecule has 3 aromatic carbocycles. The predicted molar refractivity (Wildman–Crippen MR) is 130 cm³/mol. The van der Waals surface area contributed by atoms with E-state index in [9.17, 15) is 9.59 Å². The van der Waals surface area contributed by atoms with Crippen molar-refractivity contribution in [3.63, 3.8) is 0 Å². The van der Waals surface area contributed by atoms with Crippen LogP contribution >= 0.6 is 0 Å². The van der Waals surface area contributed by atoms with E-state index >= 15 is 0 Å². The fourth-order valence-electron chi connectivity index (χ4n) is 4.83. The van der Waals surface area contributed by atoms with Gasteiger partial charge in [0.25, 0.3) is 5.91 Å². The number of methoxy groups -OCH3 is 3. The number of hydrogen-bond donors (Lipinski definition) is 0. The molecule has 0 N–H and O–H groups in total. The van der Waals surface area contributed by atoms with Crippen LogP contribution in [0.2, 0.25) is 0 Å². The molecule has 2 saturated heterocycles. The van der Waals surface area contributed by atoms with Crippen LogP contribution < -0.4 is 24.2 Å². The number of ether oxygens (including phenoxy) is 3. The van der Waals surface area contributed by atoms with Crippen LogP contribution in [0.5, 0.6) is 17.2 Å². The van der Waals surface area contributed by atoms with Crippen LogP contribution in [0.15, 0.2) is 66.7 Å². The summed E-state index contributed by atoms with van der Waals surface area (Å²) in [6, 6.07) is 19.6. The highest BCUT2D eigenvalue weighted by Crippen LogP contribution is 2.52. The minimum absolute atomic E-state index is 0.330. The van der Waals surface area contributed by atoms with Gasteiger partial charge in [-0.2, -0.15) is 0 Å². The monoisotopic (exact) mass is 474 g/mol. The molecule has 2 aliphatic heterocycles. The number of imide groups is 1. The zero-order valence-electron chi connectivity index (χ0n) is 19.9. The van der Waals surface area contributed by atoms with E-state index in [-0.39, 0.29) is 5.91 Å². The van der Waals surface area contributed by atoms with Crippen LogP contribution in [0.3, 0.4) is 0 Å². The summed E-state index contributed by atoms with van der Waals surface area (Å²) in [7, 11) is 4.60. The van der Waals surface area contributed by atoms with Crippen molar-refractivity contribution in [1.82, 2.24) is 0 Å². The van der Waals surface area contributed by atoms with Crippen LogP contribution in [-0.2, 0) is 14.4 Å². The summed E-state index contributed by atoms with van der Waals surface area (Å²) < 4.78 is 16.8. The van der Waals surface area contributed by atoms with E-state index in [4.69, 9.17) is 19.0 Å². The predicted octanol–water partition coefficient (Wildman–Crippen LogP) is 4.07. The van der Waals surface area contributed by atoms with Crippen molar-refractivity contribution in [2.45, 2.75) is 19.1 Å². The first-order chi connectivity index (χ1) is 17.0. The highest BCUT2D eigenvalue weighted by molar-refractivity contribution is 6.24. The Labute approximate surface area is 203 Å². The van der Waals surface area contributed by atoms with Gasteiger partial charge in [-0.1, -0.05) is 35.9 Å². The number of para-hydroxylation sites is 1. The first-order valence-electron chi connectivity index (χ1n) is 11.2. The molecule has 3 aromatic rings. The molecule has 0 radical (unpaired) electrons. The molecule has 8 heteroatoms. The zero-order valence-corrected chi connectivity index (χ0v) is 19.9. The zero-order chi connectivity index (χ0) is 24.7. The normalized spacial score (nSPS) is 21.3. The molecule has 0 spiro atoms. The van der Waals surface area contributed by atoms with E-state index in [0.717, 1.165) is 5.56 Å². The number of fused-ring (bicyclic) bond motifs is 1. The average Bonchev–Trinajstić information content (AvgIpc) is 3.39. The molecule has 2 amide bonds. The van der Waals surface area contributed by atoms with Gasteiger partial charge in [-0.25, -0.2) is 9.96 Å². The Morgan fingerprint density at radius 1 is 0.743 bits per heavy atom. The SMILES string of the molecule is COc1ccc([C@H]2[C@H]3C(=O)N(c4ccc(C)cc4)C(=O)[C@H]3ON2c2ccccc2)c(OC)c1OC. The quantitative estimate of drug-likeness (QED) is 0.499. The minimum atomic E-state index is -0.980. The number of carbonyl (C=O) groups excluding carboxylic acids is 2. The average molecular weight is 475 g/mol.